The largest absolute Gasteiger partial charge is 0.456 e. The molecule has 2 N–H and O–H groups in total. The molecule has 4 nitrogen and oxygen atoms in total. The summed E-state index contributed by atoms with van der Waals surface area (Å²) in [4.78, 5) is 12.1. The van der Waals surface area contributed by atoms with Crippen LogP contribution in [0.3, 0.4) is 0 Å². The average Bonchev–Trinajstić information content (AvgIpc) is 2.97. The van der Waals surface area contributed by atoms with E-state index in [1.807, 2.05) is 37.3 Å². The van der Waals surface area contributed by atoms with Gasteiger partial charge in [0.05, 0.1) is 0 Å². The van der Waals surface area contributed by atoms with Crippen LogP contribution in [-0.4, -0.2) is 12.5 Å². The van der Waals surface area contributed by atoms with Gasteiger partial charge in [-0.3, -0.25) is 4.79 Å². The predicted octanol–water partition coefficient (Wildman–Crippen LogP) is 3.59. The van der Waals surface area contributed by atoms with Gasteiger partial charge >= 0.3 is 0 Å². The number of hydrogen-bond acceptors (Lipinski definition) is 3. The molecule has 112 valence electrons. The molecule has 0 aliphatic heterocycles. The molecule has 0 atom stereocenters. The fourth-order valence-corrected chi connectivity index (χ4v) is 2.05. The average molecular weight is 286 g/mol. The van der Waals surface area contributed by atoms with E-state index in [1.165, 1.54) is 0 Å². The molecular formula is C17H22N2O2. The summed E-state index contributed by atoms with van der Waals surface area (Å²) in [6.45, 7) is 5.92. The van der Waals surface area contributed by atoms with Crippen LogP contribution in [0.1, 0.15) is 42.1 Å². The molecule has 0 saturated carbocycles. The van der Waals surface area contributed by atoms with Crippen molar-refractivity contribution in [1.29, 1.82) is 0 Å². The van der Waals surface area contributed by atoms with Crippen molar-refractivity contribution < 1.29 is 9.21 Å². The van der Waals surface area contributed by atoms with E-state index in [2.05, 4.69) is 17.6 Å². The number of hydrogen-bond donors (Lipinski definition) is 2. The molecule has 4 heteroatoms. The van der Waals surface area contributed by atoms with Crippen LogP contribution in [0.5, 0.6) is 0 Å². The van der Waals surface area contributed by atoms with Gasteiger partial charge in [0, 0.05) is 18.7 Å². The SMILES string of the molecule is CCCNCc1cccc(NC(=O)c2ccc(CC)o2)c1. The quantitative estimate of drug-likeness (QED) is 0.765. The number of furan rings is 1. The van der Waals surface area contributed by atoms with Crippen molar-refractivity contribution in [3.05, 3.63) is 53.5 Å². The zero-order chi connectivity index (χ0) is 15.1. The van der Waals surface area contributed by atoms with Gasteiger partial charge in [-0.05, 0) is 42.8 Å². The van der Waals surface area contributed by atoms with Crippen molar-refractivity contribution >= 4 is 11.6 Å². The number of nitrogens with one attached hydrogen (secondary N) is 2. The van der Waals surface area contributed by atoms with Gasteiger partial charge in [-0.1, -0.05) is 26.0 Å². The first kappa shape index (κ1) is 15.3. The smallest absolute Gasteiger partial charge is 0.291 e. The molecular weight excluding hydrogens is 264 g/mol. The Balaban J connectivity index is 1.98. The summed E-state index contributed by atoms with van der Waals surface area (Å²) in [7, 11) is 0. The first-order valence-corrected chi connectivity index (χ1v) is 7.42. The number of carbonyl (C=O) groups is 1. The number of anilines is 1. The normalized spacial score (nSPS) is 10.6. The number of benzene rings is 1. The molecule has 21 heavy (non-hydrogen) atoms. The van der Waals surface area contributed by atoms with Gasteiger partial charge in [0.1, 0.15) is 5.76 Å². The first-order valence-electron chi connectivity index (χ1n) is 7.42. The van der Waals surface area contributed by atoms with Crippen molar-refractivity contribution in [1.82, 2.24) is 5.32 Å². The summed E-state index contributed by atoms with van der Waals surface area (Å²) in [5.41, 5.74) is 1.93. The molecule has 1 heterocycles. The zero-order valence-electron chi connectivity index (χ0n) is 12.6. The van der Waals surface area contributed by atoms with Crippen molar-refractivity contribution in [2.24, 2.45) is 0 Å². The van der Waals surface area contributed by atoms with Crippen molar-refractivity contribution in [3.63, 3.8) is 0 Å². The monoisotopic (exact) mass is 286 g/mol. The fourth-order valence-electron chi connectivity index (χ4n) is 2.05. The summed E-state index contributed by atoms with van der Waals surface area (Å²) in [5.74, 6) is 0.951. The highest BCUT2D eigenvalue weighted by Crippen LogP contribution is 2.14. The lowest BCUT2D eigenvalue weighted by Crippen LogP contribution is -2.14. The van der Waals surface area contributed by atoms with E-state index in [0.717, 1.165) is 42.9 Å². The first-order chi connectivity index (χ1) is 10.2. The van der Waals surface area contributed by atoms with Gasteiger partial charge in [-0.25, -0.2) is 0 Å². The molecule has 0 saturated heterocycles. The van der Waals surface area contributed by atoms with Gasteiger partial charge in [-0.15, -0.1) is 0 Å². The Morgan fingerprint density at radius 2 is 2.05 bits per heavy atom. The second kappa shape index (κ2) is 7.64. The van der Waals surface area contributed by atoms with E-state index in [9.17, 15) is 4.79 Å². The molecule has 2 rings (SSSR count). The summed E-state index contributed by atoms with van der Waals surface area (Å²) in [6.07, 6.45) is 1.89. The van der Waals surface area contributed by atoms with Gasteiger partial charge in [0.15, 0.2) is 5.76 Å². The highest BCUT2D eigenvalue weighted by atomic mass is 16.3. The van der Waals surface area contributed by atoms with Crippen LogP contribution in [-0.2, 0) is 13.0 Å². The summed E-state index contributed by atoms with van der Waals surface area (Å²) < 4.78 is 5.45. The van der Waals surface area contributed by atoms with E-state index in [-0.39, 0.29) is 5.91 Å². The minimum Gasteiger partial charge on any atom is -0.456 e. The molecule has 1 amide bonds. The van der Waals surface area contributed by atoms with Gasteiger partial charge < -0.3 is 15.1 Å². The Morgan fingerprint density at radius 1 is 1.19 bits per heavy atom. The van der Waals surface area contributed by atoms with E-state index in [1.54, 1.807) is 6.07 Å². The zero-order valence-corrected chi connectivity index (χ0v) is 12.6. The van der Waals surface area contributed by atoms with Crippen LogP contribution in [0, 0.1) is 0 Å². The van der Waals surface area contributed by atoms with Crippen LogP contribution >= 0.6 is 0 Å². The van der Waals surface area contributed by atoms with Crippen LogP contribution in [0.25, 0.3) is 0 Å². The van der Waals surface area contributed by atoms with Crippen LogP contribution in [0.4, 0.5) is 5.69 Å². The molecule has 0 radical (unpaired) electrons. The van der Waals surface area contributed by atoms with E-state index in [4.69, 9.17) is 4.42 Å². The third-order valence-corrected chi connectivity index (χ3v) is 3.17. The van der Waals surface area contributed by atoms with E-state index < -0.39 is 0 Å². The fraction of sp³-hybridized carbons (Fsp3) is 0.353. The molecule has 0 aliphatic carbocycles. The van der Waals surface area contributed by atoms with Crippen molar-refractivity contribution in [2.75, 3.05) is 11.9 Å². The maximum Gasteiger partial charge on any atom is 0.291 e. The Hall–Kier alpha value is -2.07. The summed E-state index contributed by atoms with van der Waals surface area (Å²) in [5, 5.41) is 6.21. The molecule has 0 bridgehead atoms. The van der Waals surface area contributed by atoms with Gasteiger partial charge in [-0.2, -0.15) is 0 Å². The number of rotatable bonds is 7. The lowest BCUT2D eigenvalue weighted by molar-refractivity contribution is 0.0995. The summed E-state index contributed by atoms with van der Waals surface area (Å²) >= 11 is 0. The maximum absolute atomic E-state index is 12.1. The van der Waals surface area contributed by atoms with Crippen molar-refractivity contribution in [3.8, 4) is 0 Å². The predicted molar refractivity (Wildman–Crippen MR) is 84.5 cm³/mol. The number of amides is 1. The Morgan fingerprint density at radius 3 is 2.76 bits per heavy atom. The topological polar surface area (TPSA) is 54.3 Å². The molecule has 1 aromatic carbocycles. The Kier molecular flexibility index (Phi) is 5.58. The summed E-state index contributed by atoms with van der Waals surface area (Å²) in [6, 6.07) is 11.4. The molecule has 0 fully saturated rings. The molecule has 2 aromatic rings. The van der Waals surface area contributed by atoms with Gasteiger partial charge in [0.25, 0.3) is 5.91 Å². The second-order valence-corrected chi connectivity index (χ2v) is 4.95. The van der Waals surface area contributed by atoms with E-state index >= 15 is 0 Å². The third-order valence-electron chi connectivity index (χ3n) is 3.17. The van der Waals surface area contributed by atoms with E-state index in [0.29, 0.717) is 5.76 Å². The van der Waals surface area contributed by atoms with Gasteiger partial charge in [0.2, 0.25) is 0 Å². The molecule has 0 aliphatic rings. The lowest BCUT2D eigenvalue weighted by atomic mass is 10.2. The molecule has 0 unspecified atom stereocenters. The maximum atomic E-state index is 12.1. The van der Waals surface area contributed by atoms with Crippen LogP contribution in [0.15, 0.2) is 40.8 Å². The van der Waals surface area contributed by atoms with Crippen LogP contribution in [0.2, 0.25) is 0 Å². The highest BCUT2D eigenvalue weighted by molar-refractivity contribution is 6.02. The number of aryl methyl sites for hydroxylation is 1. The minimum absolute atomic E-state index is 0.214. The van der Waals surface area contributed by atoms with Crippen LogP contribution < -0.4 is 10.6 Å². The number of carbonyl (C=O) groups excluding carboxylic acids is 1. The Labute approximate surface area is 125 Å². The highest BCUT2D eigenvalue weighted by Gasteiger charge is 2.10. The Bertz CT molecular complexity index is 590. The third kappa shape index (κ3) is 4.46. The lowest BCUT2D eigenvalue weighted by Gasteiger charge is -2.07. The van der Waals surface area contributed by atoms with Crippen molar-refractivity contribution in [2.45, 2.75) is 33.2 Å². The second-order valence-electron chi connectivity index (χ2n) is 4.95. The standard InChI is InChI=1S/C17H22N2O2/c1-3-10-18-12-13-6-5-7-14(11-13)19-17(20)16-9-8-15(4-2)21-16/h5-9,11,18H,3-4,10,12H2,1-2H3,(H,19,20). The molecule has 0 spiro atoms. The molecule has 1 aromatic heterocycles. The minimum atomic E-state index is -0.214.